The summed E-state index contributed by atoms with van der Waals surface area (Å²) < 4.78 is 21.2. The molecule has 1 aromatic rings. The second-order valence-electron chi connectivity index (χ2n) is 8.34. The molecule has 7 heteroatoms. The van der Waals surface area contributed by atoms with Crippen LogP contribution in [0.3, 0.4) is 0 Å². The highest BCUT2D eigenvalue weighted by molar-refractivity contribution is 5.99. The molecule has 7 nitrogen and oxygen atoms in total. The molecular weight excluding hydrogens is 376 g/mol. The lowest BCUT2D eigenvalue weighted by Gasteiger charge is -2.54. The van der Waals surface area contributed by atoms with Crippen molar-refractivity contribution in [2.45, 2.75) is 45.1 Å². The van der Waals surface area contributed by atoms with Crippen LogP contribution in [0.5, 0.6) is 0 Å². The van der Waals surface area contributed by atoms with E-state index in [1.807, 2.05) is 6.92 Å². The largest absolute Gasteiger partial charge is 0.472 e. The van der Waals surface area contributed by atoms with Gasteiger partial charge in [-0.15, -0.1) is 0 Å². The average molecular weight is 402 g/mol. The van der Waals surface area contributed by atoms with Crippen LogP contribution in [-0.4, -0.2) is 32.1 Å². The summed E-state index contributed by atoms with van der Waals surface area (Å²) in [5.41, 5.74) is -0.955. The van der Waals surface area contributed by atoms with Gasteiger partial charge in [-0.2, -0.15) is 0 Å². The van der Waals surface area contributed by atoms with E-state index in [2.05, 4.69) is 0 Å². The van der Waals surface area contributed by atoms with Crippen LogP contribution in [0.15, 0.2) is 34.7 Å². The molecule has 3 aliphatic rings. The monoisotopic (exact) mass is 402 g/mol. The Morgan fingerprint density at radius 2 is 2.00 bits per heavy atom. The number of hydrogen-bond acceptors (Lipinski definition) is 7. The van der Waals surface area contributed by atoms with Crippen molar-refractivity contribution in [3.8, 4) is 0 Å². The molecular formula is C22H26O7. The fourth-order valence-corrected chi connectivity index (χ4v) is 5.98. The van der Waals surface area contributed by atoms with Crippen molar-refractivity contribution in [1.29, 1.82) is 0 Å². The zero-order valence-electron chi connectivity index (χ0n) is 16.9. The fraction of sp³-hybridized carbons (Fsp3) is 0.591. The zero-order valence-corrected chi connectivity index (χ0v) is 16.9. The molecule has 1 saturated heterocycles. The number of rotatable bonds is 3. The highest BCUT2D eigenvalue weighted by Gasteiger charge is 2.69. The van der Waals surface area contributed by atoms with Crippen molar-refractivity contribution in [3.05, 3.63) is 35.8 Å². The minimum atomic E-state index is -1.20. The first-order valence-electron chi connectivity index (χ1n) is 10.0. The van der Waals surface area contributed by atoms with E-state index in [0.717, 1.165) is 5.56 Å². The molecule has 0 bridgehead atoms. The lowest BCUT2D eigenvalue weighted by atomic mass is 9.45. The first kappa shape index (κ1) is 19.7. The van der Waals surface area contributed by atoms with Gasteiger partial charge in [0.05, 0.1) is 37.7 Å². The Morgan fingerprint density at radius 1 is 1.21 bits per heavy atom. The number of fused-ring (bicyclic) bond motifs is 2. The molecule has 0 aromatic carbocycles. The number of ether oxygens (including phenoxy) is 3. The lowest BCUT2D eigenvalue weighted by Crippen LogP contribution is -2.59. The molecule has 0 radical (unpaired) electrons. The molecule has 0 amide bonds. The highest BCUT2D eigenvalue weighted by Crippen LogP contribution is 2.66. The summed E-state index contributed by atoms with van der Waals surface area (Å²) in [7, 11) is 2.63. The Morgan fingerprint density at radius 3 is 2.66 bits per heavy atom. The number of methoxy groups -OCH3 is 2. The number of carbonyl (C=O) groups excluding carboxylic acids is 3. The smallest absolute Gasteiger partial charge is 0.334 e. The van der Waals surface area contributed by atoms with Crippen LogP contribution in [0.25, 0.3) is 0 Å². The standard InChI is InChI=1S/C22H26O7/c1-13-7-9-21(19(24)27-3)15(18(23)26-2)5-4-6-17(21)22(13)11-16(29-20(22)25)14-8-10-28-12-14/h5,8,10,12-13,16-17H,4,6-7,9,11H2,1-3H3/t13-,16-,17+,21-,22-/m1/s1. The Balaban J connectivity index is 1.84. The fourth-order valence-electron chi connectivity index (χ4n) is 5.98. The molecule has 1 aliphatic heterocycles. The van der Waals surface area contributed by atoms with Crippen LogP contribution < -0.4 is 0 Å². The Kier molecular flexibility index (Phi) is 4.79. The molecule has 156 valence electrons. The normalized spacial score (nSPS) is 36.2. The molecule has 1 aromatic heterocycles. The summed E-state index contributed by atoms with van der Waals surface area (Å²) in [5.74, 6) is -1.71. The van der Waals surface area contributed by atoms with Crippen molar-refractivity contribution in [2.24, 2.45) is 22.7 Å². The Labute approximate surface area is 169 Å². The second kappa shape index (κ2) is 7.04. The predicted molar refractivity (Wildman–Crippen MR) is 100 cm³/mol. The topological polar surface area (TPSA) is 92.0 Å². The van der Waals surface area contributed by atoms with Gasteiger partial charge >= 0.3 is 17.9 Å². The SMILES string of the molecule is COC(=O)C1=CCC[C@H]2[C@@]1(C(=O)OC)CC[C@@H](C)[C@]21C[C@H](c2ccoc2)OC1=O. The van der Waals surface area contributed by atoms with Gasteiger partial charge in [-0.05, 0) is 43.6 Å². The summed E-state index contributed by atoms with van der Waals surface area (Å²) in [6, 6.07) is 1.79. The minimum absolute atomic E-state index is 0.00618. The Bertz CT molecular complexity index is 855. The van der Waals surface area contributed by atoms with Gasteiger partial charge in [0.2, 0.25) is 0 Å². The number of furan rings is 1. The molecule has 29 heavy (non-hydrogen) atoms. The van der Waals surface area contributed by atoms with Crippen molar-refractivity contribution in [1.82, 2.24) is 0 Å². The van der Waals surface area contributed by atoms with Crippen molar-refractivity contribution < 1.29 is 33.0 Å². The van der Waals surface area contributed by atoms with E-state index in [0.29, 0.717) is 37.7 Å². The van der Waals surface area contributed by atoms with E-state index in [-0.39, 0.29) is 11.9 Å². The lowest BCUT2D eigenvalue weighted by molar-refractivity contribution is -0.177. The molecule has 5 atom stereocenters. The molecule has 2 aliphatic carbocycles. The molecule has 2 fully saturated rings. The molecule has 0 unspecified atom stereocenters. The number of cyclic esters (lactones) is 1. The number of esters is 3. The van der Waals surface area contributed by atoms with E-state index < -0.39 is 34.8 Å². The van der Waals surface area contributed by atoms with Gasteiger partial charge in [0.15, 0.2) is 0 Å². The maximum absolute atomic E-state index is 13.4. The van der Waals surface area contributed by atoms with Gasteiger partial charge in [0.25, 0.3) is 0 Å². The predicted octanol–water partition coefficient (Wildman–Crippen LogP) is 3.35. The van der Waals surface area contributed by atoms with E-state index in [4.69, 9.17) is 18.6 Å². The van der Waals surface area contributed by atoms with E-state index in [1.165, 1.54) is 14.2 Å². The molecule has 1 saturated carbocycles. The summed E-state index contributed by atoms with van der Waals surface area (Å²) in [6.45, 7) is 2.04. The van der Waals surface area contributed by atoms with Crippen LogP contribution in [0.4, 0.5) is 0 Å². The third-order valence-electron chi connectivity index (χ3n) is 7.37. The Hall–Kier alpha value is -2.57. The summed E-state index contributed by atoms with van der Waals surface area (Å²) >= 11 is 0. The average Bonchev–Trinajstić information content (AvgIpc) is 3.38. The van der Waals surface area contributed by atoms with Crippen molar-refractivity contribution in [2.75, 3.05) is 14.2 Å². The number of allylic oxidation sites excluding steroid dienone is 1. The van der Waals surface area contributed by atoms with Crippen LogP contribution >= 0.6 is 0 Å². The van der Waals surface area contributed by atoms with Gasteiger partial charge < -0.3 is 18.6 Å². The van der Waals surface area contributed by atoms with Crippen molar-refractivity contribution in [3.63, 3.8) is 0 Å². The second-order valence-corrected chi connectivity index (χ2v) is 8.34. The van der Waals surface area contributed by atoms with Crippen LogP contribution in [0.1, 0.15) is 50.7 Å². The van der Waals surface area contributed by atoms with Gasteiger partial charge in [-0.1, -0.05) is 13.0 Å². The summed E-state index contributed by atoms with van der Waals surface area (Å²) in [6.07, 6.45) is 7.17. The van der Waals surface area contributed by atoms with Crippen LogP contribution in [-0.2, 0) is 28.6 Å². The summed E-state index contributed by atoms with van der Waals surface area (Å²) in [4.78, 5) is 39.2. The van der Waals surface area contributed by atoms with E-state index in [9.17, 15) is 14.4 Å². The minimum Gasteiger partial charge on any atom is -0.472 e. The van der Waals surface area contributed by atoms with Gasteiger partial charge in [0.1, 0.15) is 11.5 Å². The van der Waals surface area contributed by atoms with Crippen molar-refractivity contribution >= 4 is 17.9 Å². The van der Waals surface area contributed by atoms with E-state index in [1.54, 1.807) is 24.7 Å². The van der Waals surface area contributed by atoms with Gasteiger partial charge in [-0.3, -0.25) is 9.59 Å². The number of hydrogen-bond donors (Lipinski definition) is 0. The van der Waals surface area contributed by atoms with Crippen LogP contribution in [0.2, 0.25) is 0 Å². The number of carbonyl (C=O) groups is 3. The first-order chi connectivity index (χ1) is 13.9. The molecule has 2 heterocycles. The maximum Gasteiger partial charge on any atom is 0.334 e. The van der Waals surface area contributed by atoms with Gasteiger partial charge in [0, 0.05) is 12.0 Å². The zero-order chi connectivity index (χ0) is 20.8. The molecule has 1 spiro atoms. The van der Waals surface area contributed by atoms with E-state index >= 15 is 0 Å². The third kappa shape index (κ3) is 2.59. The van der Waals surface area contributed by atoms with Crippen LogP contribution in [0, 0.1) is 22.7 Å². The molecule has 4 rings (SSSR count). The summed E-state index contributed by atoms with van der Waals surface area (Å²) in [5, 5.41) is 0. The quantitative estimate of drug-likeness (QED) is 0.565. The first-order valence-corrected chi connectivity index (χ1v) is 10.0. The van der Waals surface area contributed by atoms with Gasteiger partial charge in [-0.25, -0.2) is 4.79 Å². The maximum atomic E-state index is 13.4. The highest BCUT2D eigenvalue weighted by atomic mass is 16.6. The molecule has 0 N–H and O–H groups in total. The third-order valence-corrected chi connectivity index (χ3v) is 7.37.